The molecule has 4 aliphatic heterocycles. The quantitative estimate of drug-likeness (QED) is 0.0790. The van der Waals surface area contributed by atoms with E-state index in [-0.39, 0.29) is 35.7 Å². The van der Waals surface area contributed by atoms with Crippen molar-refractivity contribution in [3.05, 3.63) is 11.6 Å². The number of ether oxygens (including phenoxy) is 8. The van der Waals surface area contributed by atoms with E-state index in [1.165, 1.54) is 6.92 Å². The van der Waals surface area contributed by atoms with Gasteiger partial charge in [-0.25, -0.2) is 4.79 Å². The zero-order chi connectivity index (χ0) is 49.9. The van der Waals surface area contributed by atoms with Crippen molar-refractivity contribution in [1.29, 1.82) is 0 Å². The van der Waals surface area contributed by atoms with Crippen LogP contribution in [0.3, 0.4) is 0 Å². The average molecular weight is 987 g/mol. The topological polar surface area (TPSA) is 331 Å². The molecule has 69 heavy (non-hydrogen) atoms. The van der Waals surface area contributed by atoms with Crippen molar-refractivity contribution in [2.24, 2.45) is 45.8 Å². The Hall–Kier alpha value is -2.00. The number of fused-ring (bicyclic) bond motifs is 7. The zero-order valence-electron chi connectivity index (χ0n) is 39.8. The summed E-state index contributed by atoms with van der Waals surface area (Å²) in [6, 6.07) is 0. The van der Waals surface area contributed by atoms with Crippen LogP contribution in [0.1, 0.15) is 92.4 Å². The number of aliphatic hydroxyl groups excluding tert-OH is 10. The monoisotopic (exact) mass is 986 g/mol. The standard InChI is InChI=1S/C48H74O21/c1-19(51)63-31-13-21(12-20-6-7-22-24-8-9-25(46(24,3)11-10-26(22)47(20,31)4)23-14-45(2)15-27(23)68-44(60)48(45,5)61)64-43-40(69-42-39(59)36(56)33(53)29(17-50)66-42)37(57)34(54)30(67-43)18-62-41-38(58)35(55)32(52)28(16-49)65-41/h6,21-43,49-50,52-59,61H,7-18H2,1-5H3. The van der Waals surface area contributed by atoms with Crippen molar-refractivity contribution in [2.75, 3.05) is 19.8 Å². The molecule has 0 aromatic carbocycles. The summed E-state index contributed by atoms with van der Waals surface area (Å²) in [5.41, 5.74) is -1.73. The van der Waals surface area contributed by atoms with E-state index in [2.05, 4.69) is 19.9 Å². The molecule has 27 unspecified atom stereocenters. The Bertz CT molecular complexity index is 1910. The third-order valence-corrected chi connectivity index (χ3v) is 19.1. The number of aliphatic hydroxyl groups is 11. The lowest BCUT2D eigenvalue weighted by Gasteiger charge is -2.60. The minimum atomic E-state index is -1.90. The summed E-state index contributed by atoms with van der Waals surface area (Å²) >= 11 is 0. The average Bonchev–Trinajstić information content (AvgIpc) is 3.82. The number of carbonyl (C=O) groups is 2. The number of rotatable bonds is 11. The van der Waals surface area contributed by atoms with Crippen LogP contribution in [0.25, 0.3) is 0 Å². The van der Waals surface area contributed by atoms with Crippen molar-refractivity contribution in [3.8, 4) is 0 Å². The van der Waals surface area contributed by atoms with Gasteiger partial charge < -0.3 is 94.1 Å². The summed E-state index contributed by atoms with van der Waals surface area (Å²) in [6.45, 7) is 7.40. The van der Waals surface area contributed by atoms with Gasteiger partial charge in [-0.3, -0.25) is 4.79 Å². The van der Waals surface area contributed by atoms with Crippen LogP contribution in [0.5, 0.6) is 0 Å². The minimum absolute atomic E-state index is 0.0420. The van der Waals surface area contributed by atoms with Crippen LogP contribution in [0.2, 0.25) is 0 Å². The molecule has 0 aromatic rings. The van der Waals surface area contributed by atoms with Gasteiger partial charge in [0.1, 0.15) is 85.5 Å². The molecule has 11 N–H and O–H groups in total. The molecule has 4 saturated carbocycles. The van der Waals surface area contributed by atoms with Gasteiger partial charge >= 0.3 is 11.9 Å². The van der Waals surface area contributed by atoms with Crippen LogP contribution in [-0.2, 0) is 47.5 Å². The molecule has 0 spiro atoms. The van der Waals surface area contributed by atoms with Crippen molar-refractivity contribution in [1.82, 2.24) is 0 Å². The summed E-state index contributed by atoms with van der Waals surface area (Å²) in [6.07, 6.45) is -18.2. The number of esters is 2. The first-order valence-corrected chi connectivity index (χ1v) is 24.8. The second-order valence-electron chi connectivity index (χ2n) is 22.7. The summed E-state index contributed by atoms with van der Waals surface area (Å²) in [7, 11) is 0. The van der Waals surface area contributed by atoms with E-state index in [1.54, 1.807) is 6.92 Å². The molecule has 0 amide bonds. The summed E-state index contributed by atoms with van der Waals surface area (Å²) in [5, 5.41) is 117. The molecule has 5 aliphatic carbocycles. The number of hydrogen-bond acceptors (Lipinski definition) is 21. The van der Waals surface area contributed by atoms with Gasteiger partial charge in [-0.2, -0.15) is 0 Å². The molecule has 0 aromatic heterocycles. The van der Waals surface area contributed by atoms with Crippen molar-refractivity contribution >= 4 is 11.9 Å². The molecule has 0 radical (unpaired) electrons. The van der Waals surface area contributed by atoms with Crippen LogP contribution < -0.4 is 0 Å². The highest BCUT2D eigenvalue weighted by atomic mass is 16.8. The lowest BCUT2D eigenvalue weighted by molar-refractivity contribution is -0.377. The third-order valence-electron chi connectivity index (χ3n) is 19.1. The fourth-order valence-electron chi connectivity index (χ4n) is 14.9. The summed E-state index contributed by atoms with van der Waals surface area (Å²) in [5.74, 6) is 0.156. The number of allylic oxidation sites excluding steroid dienone is 1. The largest absolute Gasteiger partial charge is 0.462 e. The smallest absolute Gasteiger partial charge is 0.338 e. The SMILES string of the molecule is CC(=O)OC1CC(OC2OC(COC3OC(CO)C(O)C(O)C3O)C(O)C(O)C2OC2OC(CO)C(O)C(O)C2O)CC2=CCC3C4CCC(C5CC6(C)CC5OC(=O)C6(C)O)C4(C)CCC3C21C. The van der Waals surface area contributed by atoms with E-state index in [4.69, 9.17) is 37.9 Å². The predicted octanol–water partition coefficient (Wildman–Crippen LogP) is -1.97. The van der Waals surface area contributed by atoms with Gasteiger partial charge in [-0.15, -0.1) is 0 Å². The summed E-state index contributed by atoms with van der Waals surface area (Å²) in [4.78, 5) is 26.0. The molecule has 9 aliphatic rings. The van der Waals surface area contributed by atoms with Gasteiger partial charge in [0.2, 0.25) is 0 Å². The highest BCUT2D eigenvalue weighted by molar-refractivity contribution is 5.81. The van der Waals surface area contributed by atoms with Crippen molar-refractivity contribution in [3.63, 3.8) is 0 Å². The molecular weight excluding hydrogens is 913 g/mol. The Morgan fingerprint density at radius 1 is 0.710 bits per heavy atom. The maximum Gasteiger partial charge on any atom is 0.338 e. The van der Waals surface area contributed by atoms with E-state index in [9.17, 15) is 65.8 Å². The minimum Gasteiger partial charge on any atom is -0.462 e. The fraction of sp³-hybridized carbons (Fsp3) is 0.917. The van der Waals surface area contributed by atoms with Crippen LogP contribution in [0, 0.1) is 45.8 Å². The predicted molar refractivity (Wildman–Crippen MR) is 231 cm³/mol. The van der Waals surface area contributed by atoms with Crippen molar-refractivity contribution in [2.45, 2.75) is 208 Å². The highest BCUT2D eigenvalue weighted by Crippen LogP contribution is 2.70. The Labute approximate surface area is 400 Å². The first-order chi connectivity index (χ1) is 32.5. The second kappa shape index (κ2) is 19.0. The Balaban J connectivity index is 0.960. The lowest BCUT2D eigenvalue weighted by Crippen LogP contribution is -2.65. The van der Waals surface area contributed by atoms with Gasteiger partial charge in [0.15, 0.2) is 24.5 Å². The molecule has 4 saturated heterocycles. The Kier molecular flexibility index (Phi) is 14.3. The van der Waals surface area contributed by atoms with Gasteiger partial charge in [0.25, 0.3) is 0 Å². The molecule has 2 bridgehead atoms. The van der Waals surface area contributed by atoms with E-state index in [0.717, 1.165) is 44.1 Å². The highest BCUT2D eigenvalue weighted by Gasteiger charge is 2.68. The lowest BCUT2D eigenvalue weighted by atomic mass is 9.46. The molecule has 4 heterocycles. The van der Waals surface area contributed by atoms with Crippen LogP contribution >= 0.6 is 0 Å². The molecule has 9 rings (SSSR count). The molecule has 392 valence electrons. The third kappa shape index (κ3) is 8.53. The molecule has 21 nitrogen and oxygen atoms in total. The van der Waals surface area contributed by atoms with Gasteiger partial charge in [-0.05, 0) is 93.3 Å². The maximum atomic E-state index is 13.0. The first-order valence-electron chi connectivity index (χ1n) is 24.8. The second-order valence-corrected chi connectivity index (χ2v) is 22.7. The zero-order valence-corrected chi connectivity index (χ0v) is 39.8. The van der Waals surface area contributed by atoms with Crippen molar-refractivity contribution < 1.29 is 104 Å². The fourth-order valence-corrected chi connectivity index (χ4v) is 14.9. The van der Waals surface area contributed by atoms with Gasteiger partial charge in [0, 0.05) is 24.2 Å². The van der Waals surface area contributed by atoms with Crippen LogP contribution in [-0.4, -0.2) is 204 Å². The normalized spacial score (nSPS) is 55.0. The summed E-state index contributed by atoms with van der Waals surface area (Å²) < 4.78 is 47.9. The first kappa shape index (κ1) is 51.9. The van der Waals surface area contributed by atoms with Gasteiger partial charge in [0.05, 0.1) is 25.9 Å². The van der Waals surface area contributed by atoms with E-state index >= 15 is 0 Å². The molecule has 27 atom stereocenters. The Morgan fingerprint density at radius 2 is 1.30 bits per heavy atom. The molecule has 8 fully saturated rings. The number of hydrogen-bond donors (Lipinski definition) is 11. The Morgan fingerprint density at radius 3 is 1.94 bits per heavy atom. The van der Waals surface area contributed by atoms with E-state index in [1.807, 2.05) is 6.92 Å². The number of carbonyl (C=O) groups excluding carboxylic acids is 2. The molecule has 21 heteroatoms. The van der Waals surface area contributed by atoms with E-state index in [0.29, 0.717) is 24.7 Å². The molecular formula is C48H74O21. The van der Waals surface area contributed by atoms with Crippen LogP contribution in [0.4, 0.5) is 0 Å². The van der Waals surface area contributed by atoms with E-state index < -0.39 is 153 Å². The maximum absolute atomic E-state index is 13.0. The van der Waals surface area contributed by atoms with Gasteiger partial charge in [-0.1, -0.05) is 32.4 Å². The van der Waals surface area contributed by atoms with Crippen LogP contribution in [0.15, 0.2) is 11.6 Å².